The number of hydrogen-bond donors (Lipinski definition) is 2. The lowest BCUT2D eigenvalue weighted by Gasteiger charge is -2.27. The van der Waals surface area contributed by atoms with Crippen LogP contribution in [0.4, 0.5) is 0 Å². The molecule has 7 heteroatoms. The van der Waals surface area contributed by atoms with Gasteiger partial charge in [0, 0.05) is 24.3 Å². The van der Waals surface area contributed by atoms with Gasteiger partial charge in [0.15, 0.2) is 0 Å². The molecule has 0 aromatic heterocycles. The van der Waals surface area contributed by atoms with Gasteiger partial charge in [-0.2, -0.15) is 0 Å². The maximum Gasteiger partial charge on any atom is 0.342 e. The van der Waals surface area contributed by atoms with Gasteiger partial charge in [0.05, 0.1) is 12.5 Å². The number of cyclic esters (lactones) is 1. The van der Waals surface area contributed by atoms with Crippen molar-refractivity contribution in [3.8, 4) is 17.2 Å². The molecule has 0 unspecified atom stereocenters. The highest BCUT2D eigenvalue weighted by Gasteiger charge is 2.35. The van der Waals surface area contributed by atoms with Gasteiger partial charge in [-0.25, -0.2) is 4.79 Å². The molecule has 178 valence electrons. The lowest BCUT2D eigenvalue weighted by atomic mass is 9.83. The molecule has 2 atom stereocenters. The first kappa shape index (κ1) is 23.5. The third-order valence-electron chi connectivity index (χ3n) is 6.25. The summed E-state index contributed by atoms with van der Waals surface area (Å²) in [6, 6.07) is 8.02. The first-order valence-corrected chi connectivity index (χ1v) is 11.6. The molecule has 0 bridgehead atoms. The molecule has 0 aliphatic carbocycles. The number of carbonyl (C=O) groups is 3. The van der Waals surface area contributed by atoms with E-state index in [9.17, 15) is 24.6 Å². The predicted octanol–water partition coefficient (Wildman–Crippen LogP) is 5.02. The number of fused-ring (bicyclic) bond motifs is 2. The van der Waals surface area contributed by atoms with Crippen LogP contribution in [-0.2, 0) is 14.3 Å². The van der Waals surface area contributed by atoms with Crippen molar-refractivity contribution in [1.82, 2.24) is 0 Å². The van der Waals surface area contributed by atoms with Crippen molar-refractivity contribution in [3.05, 3.63) is 58.7 Å². The highest BCUT2D eigenvalue weighted by molar-refractivity contribution is 5.98. The first-order valence-electron chi connectivity index (χ1n) is 11.6. The standard InChI is InChI=1S/C27H28O7/c1-16-7-5-11-19(28)10-4-2-3-8-18-14-22-25(26(31)24(18)27(32)33-16)21(15-23(30)34-22)17-9-6-12-20(29)13-17/h3,6,8-9,12-14,16,21,29,31H,2,4-5,7,10-11,15H2,1H3/b8-3+/t16-,21+/m1/s1. The minimum absolute atomic E-state index is 0.0121. The van der Waals surface area contributed by atoms with E-state index >= 15 is 0 Å². The summed E-state index contributed by atoms with van der Waals surface area (Å²) in [4.78, 5) is 37.6. The zero-order chi connectivity index (χ0) is 24.2. The molecule has 0 fully saturated rings. The molecular weight excluding hydrogens is 436 g/mol. The number of rotatable bonds is 1. The highest BCUT2D eigenvalue weighted by atomic mass is 16.5. The van der Waals surface area contributed by atoms with Crippen molar-refractivity contribution in [2.45, 2.75) is 63.9 Å². The summed E-state index contributed by atoms with van der Waals surface area (Å²) < 4.78 is 11.1. The quantitative estimate of drug-likeness (QED) is 0.450. The summed E-state index contributed by atoms with van der Waals surface area (Å²) >= 11 is 0. The van der Waals surface area contributed by atoms with Crippen LogP contribution in [0.2, 0.25) is 0 Å². The number of phenols is 2. The van der Waals surface area contributed by atoms with E-state index in [2.05, 4.69) is 0 Å². The molecule has 0 amide bonds. The molecule has 0 saturated heterocycles. The number of Topliss-reactive ketones (excluding diaryl/α,β-unsaturated/α-hetero) is 1. The van der Waals surface area contributed by atoms with E-state index in [4.69, 9.17) is 9.47 Å². The van der Waals surface area contributed by atoms with E-state index in [1.54, 1.807) is 31.2 Å². The van der Waals surface area contributed by atoms with Crippen molar-refractivity contribution < 1.29 is 34.1 Å². The van der Waals surface area contributed by atoms with Crippen LogP contribution in [-0.4, -0.2) is 34.0 Å². The van der Waals surface area contributed by atoms with Crippen LogP contribution < -0.4 is 4.74 Å². The molecule has 0 radical (unpaired) electrons. The van der Waals surface area contributed by atoms with Crippen molar-refractivity contribution in [2.24, 2.45) is 0 Å². The maximum atomic E-state index is 13.2. The molecule has 2 N–H and O–H groups in total. The lowest BCUT2D eigenvalue weighted by Crippen LogP contribution is -2.23. The number of aromatic hydroxyl groups is 2. The van der Waals surface area contributed by atoms with Crippen LogP contribution in [0.15, 0.2) is 36.4 Å². The predicted molar refractivity (Wildman–Crippen MR) is 125 cm³/mol. The zero-order valence-electron chi connectivity index (χ0n) is 19.1. The maximum absolute atomic E-state index is 13.2. The smallest absolute Gasteiger partial charge is 0.342 e. The van der Waals surface area contributed by atoms with Crippen molar-refractivity contribution in [2.75, 3.05) is 0 Å². The summed E-state index contributed by atoms with van der Waals surface area (Å²) in [5, 5.41) is 21.3. The average Bonchev–Trinajstić information content (AvgIpc) is 2.77. The largest absolute Gasteiger partial charge is 0.508 e. The third-order valence-corrected chi connectivity index (χ3v) is 6.25. The SMILES string of the molecule is C[C@@H]1CCCC(=O)CCC/C=C/c2cc3c(c(O)c2C(=O)O1)[C@H](c1cccc(O)c1)CC(=O)O3. The van der Waals surface area contributed by atoms with Gasteiger partial charge >= 0.3 is 11.9 Å². The van der Waals surface area contributed by atoms with Crippen molar-refractivity contribution >= 4 is 23.8 Å². The number of carbonyl (C=O) groups excluding carboxylic acids is 3. The van der Waals surface area contributed by atoms with E-state index in [0.717, 1.165) is 0 Å². The molecule has 2 aliphatic rings. The molecule has 2 heterocycles. The fourth-order valence-electron chi connectivity index (χ4n) is 4.55. The van der Waals surface area contributed by atoms with Crippen LogP contribution in [0.5, 0.6) is 17.2 Å². The Bertz CT molecular complexity index is 1150. The van der Waals surface area contributed by atoms with Crippen LogP contribution in [0.1, 0.15) is 84.8 Å². The third kappa shape index (κ3) is 5.14. The topological polar surface area (TPSA) is 110 Å². The van der Waals surface area contributed by atoms with E-state index in [1.165, 1.54) is 12.1 Å². The van der Waals surface area contributed by atoms with Crippen LogP contribution in [0.3, 0.4) is 0 Å². The molecule has 2 aromatic carbocycles. The molecular formula is C27H28O7. The fraction of sp³-hybridized carbons (Fsp3) is 0.370. The van der Waals surface area contributed by atoms with Gasteiger partial charge in [-0.15, -0.1) is 0 Å². The number of esters is 2. The Labute approximate surface area is 198 Å². The summed E-state index contributed by atoms with van der Waals surface area (Å²) in [6.07, 6.45) is 6.46. The van der Waals surface area contributed by atoms with Gasteiger partial charge in [-0.1, -0.05) is 24.3 Å². The van der Waals surface area contributed by atoms with Crippen LogP contribution >= 0.6 is 0 Å². The van der Waals surface area contributed by atoms with E-state index < -0.39 is 24.0 Å². The molecule has 7 nitrogen and oxygen atoms in total. The van der Waals surface area contributed by atoms with Crippen molar-refractivity contribution in [1.29, 1.82) is 0 Å². The molecule has 0 spiro atoms. The van der Waals surface area contributed by atoms with Gasteiger partial charge in [0.25, 0.3) is 0 Å². The highest BCUT2D eigenvalue weighted by Crippen LogP contribution is 2.47. The molecule has 2 aliphatic heterocycles. The normalized spacial score (nSPS) is 22.6. The number of ether oxygens (including phenoxy) is 2. The zero-order valence-corrected chi connectivity index (χ0v) is 19.1. The van der Waals surface area contributed by atoms with E-state index in [-0.39, 0.29) is 35.0 Å². The number of ketones is 1. The number of benzene rings is 2. The Hall–Kier alpha value is -3.61. The Morgan fingerprint density at radius 2 is 1.82 bits per heavy atom. The summed E-state index contributed by atoms with van der Waals surface area (Å²) in [6.45, 7) is 1.76. The van der Waals surface area contributed by atoms with Crippen LogP contribution in [0.25, 0.3) is 6.08 Å². The van der Waals surface area contributed by atoms with E-state index in [1.807, 2.05) is 6.08 Å². The van der Waals surface area contributed by atoms with Gasteiger partial charge in [0.2, 0.25) is 0 Å². The fourth-order valence-corrected chi connectivity index (χ4v) is 4.55. The first-order chi connectivity index (χ1) is 16.3. The Morgan fingerprint density at radius 1 is 1.03 bits per heavy atom. The van der Waals surface area contributed by atoms with E-state index in [0.29, 0.717) is 55.2 Å². The molecule has 34 heavy (non-hydrogen) atoms. The van der Waals surface area contributed by atoms with Crippen LogP contribution in [0, 0.1) is 0 Å². The summed E-state index contributed by atoms with van der Waals surface area (Å²) in [5.41, 5.74) is 1.32. The average molecular weight is 465 g/mol. The number of hydrogen-bond acceptors (Lipinski definition) is 7. The summed E-state index contributed by atoms with van der Waals surface area (Å²) in [7, 11) is 0. The van der Waals surface area contributed by atoms with Gasteiger partial charge in [-0.3, -0.25) is 9.59 Å². The van der Waals surface area contributed by atoms with Crippen molar-refractivity contribution in [3.63, 3.8) is 0 Å². The molecule has 4 rings (SSSR count). The minimum atomic E-state index is -0.678. The Kier molecular flexibility index (Phi) is 7.01. The summed E-state index contributed by atoms with van der Waals surface area (Å²) in [5.74, 6) is -1.64. The number of allylic oxidation sites excluding steroid dienone is 1. The second-order valence-electron chi connectivity index (χ2n) is 8.87. The number of phenolic OH excluding ortho intramolecular Hbond substituents is 2. The minimum Gasteiger partial charge on any atom is -0.508 e. The molecule has 2 aromatic rings. The second kappa shape index (κ2) is 10.1. The van der Waals surface area contributed by atoms with Gasteiger partial charge in [-0.05, 0) is 61.9 Å². The Balaban J connectivity index is 1.82. The monoisotopic (exact) mass is 464 g/mol. The lowest BCUT2D eigenvalue weighted by molar-refractivity contribution is -0.135. The second-order valence-corrected chi connectivity index (χ2v) is 8.87. The molecule has 0 saturated carbocycles. The van der Waals surface area contributed by atoms with Gasteiger partial charge < -0.3 is 19.7 Å². The van der Waals surface area contributed by atoms with Gasteiger partial charge in [0.1, 0.15) is 28.6 Å². The Morgan fingerprint density at radius 3 is 2.62 bits per heavy atom.